The standard InChI is InChI=1S/C12H18N4O3/c1-2-6-16(7-8-17)12(18)10-14-11(19-15-10)9-4-3-5-13-9/h2,9,13,17H,1,3-8H2. The Bertz CT molecular complexity index is 440. The molecule has 0 aliphatic carbocycles. The largest absolute Gasteiger partial charge is 0.395 e. The maximum atomic E-state index is 12.1. The van der Waals surface area contributed by atoms with Crippen LogP contribution in [0.5, 0.6) is 0 Å². The van der Waals surface area contributed by atoms with Crippen molar-refractivity contribution < 1.29 is 14.4 Å². The van der Waals surface area contributed by atoms with Gasteiger partial charge in [-0.1, -0.05) is 11.2 Å². The van der Waals surface area contributed by atoms with E-state index in [-0.39, 0.29) is 30.9 Å². The highest BCUT2D eigenvalue weighted by Gasteiger charge is 2.26. The second-order valence-electron chi connectivity index (χ2n) is 4.37. The van der Waals surface area contributed by atoms with Gasteiger partial charge in [0.15, 0.2) is 0 Å². The summed E-state index contributed by atoms with van der Waals surface area (Å²) in [6, 6.07) is 0.0414. The number of carbonyl (C=O) groups excluding carboxylic acids is 1. The van der Waals surface area contributed by atoms with E-state index in [9.17, 15) is 4.79 Å². The van der Waals surface area contributed by atoms with E-state index in [0.717, 1.165) is 19.4 Å². The Labute approximate surface area is 111 Å². The summed E-state index contributed by atoms with van der Waals surface area (Å²) in [7, 11) is 0. The number of hydrogen-bond donors (Lipinski definition) is 2. The van der Waals surface area contributed by atoms with Crippen molar-refractivity contribution >= 4 is 5.91 Å². The molecule has 0 spiro atoms. The van der Waals surface area contributed by atoms with Crippen LogP contribution < -0.4 is 5.32 Å². The lowest BCUT2D eigenvalue weighted by molar-refractivity contribution is 0.0727. The van der Waals surface area contributed by atoms with E-state index in [1.807, 2.05) is 0 Å². The highest BCUT2D eigenvalue weighted by molar-refractivity contribution is 5.90. The Kier molecular flexibility index (Phi) is 4.64. The molecule has 19 heavy (non-hydrogen) atoms. The molecule has 0 aromatic carbocycles. The predicted octanol–water partition coefficient (Wildman–Crippen LogP) is 0.115. The molecule has 2 N–H and O–H groups in total. The summed E-state index contributed by atoms with van der Waals surface area (Å²) in [5, 5.41) is 15.9. The lowest BCUT2D eigenvalue weighted by atomic mass is 10.2. The van der Waals surface area contributed by atoms with Crippen LogP contribution in [0.15, 0.2) is 17.2 Å². The third-order valence-corrected chi connectivity index (χ3v) is 3.00. The maximum absolute atomic E-state index is 12.1. The summed E-state index contributed by atoms with van der Waals surface area (Å²) in [5.41, 5.74) is 0. The first-order valence-corrected chi connectivity index (χ1v) is 6.34. The van der Waals surface area contributed by atoms with Gasteiger partial charge < -0.3 is 19.8 Å². The molecule has 2 rings (SSSR count). The molecule has 0 saturated carbocycles. The number of aromatic nitrogens is 2. The number of aliphatic hydroxyl groups excluding tert-OH is 1. The first-order valence-electron chi connectivity index (χ1n) is 6.34. The van der Waals surface area contributed by atoms with Crippen molar-refractivity contribution in [1.29, 1.82) is 0 Å². The Balaban J connectivity index is 2.07. The molecular weight excluding hydrogens is 248 g/mol. The third kappa shape index (κ3) is 3.18. The van der Waals surface area contributed by atoms with Crippen molar-refractivity contribution in [1.82, 2.24) is 20.4 Å². The van der Waals surface area contributed by atoms with E-state index in [1.165, 1.54) is 4.90 Å². The second kappa shape index (κ2) is 6.44. The molecule has 1 atom stereocenters. The van der Waals surface area contributed by atoms with Crippen molar-refractivity contribution in [2.24, 2.45) is 0 Å². The summed E-state index contributed by atoms with van der Waals surface area (Å²) in [6.07, 6.45) is 3.58. The molecule has 7 nitrogen and oxygen atoms in total. The fraction of sp³-hybridized carbons (Fsp3) is 0.583. The number of rotatable bonds is 6. The van der Waals surface area contributed by atoms with E-state index in [2.05, 4.69) is 22.0 Å². The van der Waals surface area contributed by atoms with Gasteiger partial charge in [-0.3, -0.25) is 4.79 Å². The summed E-state index contributed by atoms with van der Waals surface area (Å²) in [4.78, 5) is 17.7. The predicted molar refractivity (Wildman–Crippen MR) is 67.5 cm³/mol. The Morgan fingerprint density at radius 3 is 3.16 bits per heavy atom. The average Bonchev–Trinajstić information content (AvgIpc) is 3.08. The van der Waals surface area contributed by atoms with Gasteiger partial charge in [-0.2, -0.15) is 4.98 Å². The fourth-order valence-electron chi connectivity index (χ4n) is 2.05. The molecule has 1 unspecified atom stereocenters. The van der Waals surface area contributed by atoms with Crippen LogP contribution in [0.4, 0.5) is 0 Å². The molecule has 2 heterocycles. The van der Waals surface area contributed by atoms with Crippen molar-refractivity contribution in [2.75, 3.05) is 26.2 Å². The van der Waals surface area contributed by atoms with E-state index in [1.54, 1.807) is 6.08 Å². The van der Waals surface area contributed by atoms with Crippen molar-refractivity contribution in [2.45, 2.75) is 18.9 Å². The molecule has 7 heteroatoms. The van der Waals surface area contributed by atoms with Crippen LogP contribution in [0.2, 0.25) is 0 Å². The molecule has 1 aromatic rings. The molecule has 0 radical (unpaired) electrons. The number of nitrogens with zero attached hydrogens (tertiary/aromatic N) is 3. The van der Waals surface area contributed by atoms with Gasteiger partial charge in [0.1, 0.15) is 0 Å². The Morgan fingerprint density at radius 1 is 1.68 bits per heavy atom. The van der Waals surface area contributed by atoms with Crippen LogP contribution in [0.1, 0.15) is 35.4 Å². The van der Waals surface area contributed by atoms with Gasteiger partial charge in [0.05, 0.1) is 12.6 Å². The zero-order valence-electron chi connectivity index (χ0n) is 10.7. The molecular formula is C12H18N4O3. The van der Waals surface area contributed by atoms with Gasteiger partial charge in [0.25, 0.3) is 11.7 Å². The average molecular weight is 266 g/mol. The number of carbonyl (C=O) groups is 1. The van der Waals surface area contributed by atoms with Gasteiger partial charge in [-0.15, -0.1) is 6.58 Å². The van der Waals surface area contributed by atoms with Gasteiger partial charge in [-0.05, 0) is 19.4 Å². The van der Waals surface area contributed by atoms with Crippen LogP contribution in [0.25, 0.3) is 0 Å². The summed E-state index contributed by atoms with van der Waals surface area (Å²) >= 11 is 0. The van der Waals surface area contributed by atoms with E-state index < -0.39 is 0 Å². The van der Waals surface area contributed by atoms with Crippen LogP contribution in [-0.2, 0) is 0 Å². The molecule has 104 valence electrons. The molecule has 1 aromatic heterocycles. The lowest BCUT2D eigenvalue weighted by Crippen LogP contribution is -2.34. The molecule has 1 fully saturated rings. The SMILES string of the molecule is C=CCN(CCO)C(=O)c1noc(C2CCCN2)n1. The summed E-state index contributed by atoms with van der Waals surface area (Å²) in [5.74, 6) is 0.115. The minimum absolute atomic E-state index is 0.0269. The molecule has 1 amide bonds. The van der Waals surface area contributed by atoms with Crippen molar-refractivity contribution in [3.8, 4) is 0 Å². The van der Waals surface area contributed by atoms with Crippen LogP contribution in [0.3, 0.4) is 0 Å². The summed E-state index contributed by atoms with van der Waals surface area (Å²) in [6.45, 7) is 4.94. The summed E-state index contributed by atoms with van der Waals surface area (Å²) < 4.78 is 5.12. The van der Waals surface area contributed by atoms with Crippen LogP contribution in [0, 0.1) is 0 Å². The number of amides is 1. The van der Waals surface area contributed by atoms with Gasteiger partial charge >= 0.3 is 0 Å². The quantitative estimate of drug-likeness (QED) is 0.710. The number of hydrogen-bond acceptors (Lipinski definition) is 6. The van der Waals surface area contributed by atoms with Crippen molar-refractivity contribution in [3.63, 3.8) is 0 Å². The first kappa shape index (κ1) is 13.7. The highest BCUT2D eigenvalue weighted by atomic mass is 16.5. The van der Waals surface area contributed by atoms with Gasteiger partial charge in [0, 0.05) is 13.1 Å². The topological polar surface area (TPSA) is 91.5 Å². The second-order valence-corrected chi connectivity index (χ2v) is 4.37. The first-order chi connectivity index (χ1) is 9.26. The monoisotopic (exact) mass is 266 g/mol. The van der Waals surface area contributed by atoms with E-state index >= 15 is 0 Å². The number of aliphatic hydroxyl groups is 1. The highest BCUT2D eigenvalue weighted by Crippen LogP contribution is 2.21. The maximum Gasteiger partial charge on any atom is 0.295 e. The minimum atomic E-state index is -0.359. The normalized spacial score (nSPS) is 18.5. The third-order valence-electron chi connectivity index (χ3n) is 3.00. The zero-order chi connectivity index (χ0) is 13.7. The van der Waals surface area contributed by atoms with Gasteiger partial charge in [-0.25, -0.2) is 0 Å². The fourth-order valence-corrected chi connectivity index (χ4v) is 2.05. The molecule has 1 aliphatic rings. The van der Waals surface area contributed by atoms with Crippen molar-refractivity contribution in [3.05, 3.63) is 24.4 Å². The van der Waals surface area contributed by atoms with E-state index in [4.69, 9.17) is 9.63 Å². The van der Waals surface area contributed by atoms with Crippen LogP contribution in [-0.4, -0.2) is 52.3 Å². The Hall–Kier alpha value is -1.73. The molecule has 0 bridgehead atoms. The zero-order valence-corrected chi connectivity index (χ0v) is 10.7. The minimum Gasteiger partial charge on any atom is -0.395 e. The van der Waals surface area contributed by atoms with Gasteiger partial charge in [0.2, 0.25) is 5.89 Å². The molecule has 1 saturated heterocycles. The van der Waals surface area contributed by atoms with E-state index in [0.29, 0.717) is 12.4 Å². The molecule has 1 aliphatic heterocycles. The smallest absolute Gasteiger partial charge is 0.295 e. The number of nitrogens with one attached hydrogen (secondary N) is 1. The lowest BCUT2D eigenvalue weighted by Gasteiger charge is -2.17. The van der Waals surface area contributed by atoms with Crippen LogP contribution >= 0.6 is 0 Å². The Morgan fingerprint density at radius 2 is 2.53 bits per heavy atom.